The number of aliphatic hydroxyl groups is 1. The predicted molar refractivity (Wildman–Crippen MR) is 77.9 cm³/mol. The molecule has 0 atom stereocenters. The summed E-state index contributed by atoms with van der Waals surface area (Å²) in [5.74, 6) is -0.484. The van der Waals surface area contributed by atoms with Gasteiger partial charge >= 0.3 is 0 Å². The molecule has 0 aromatic heterocycles. The second-order valence-electron chi connectivity index (χ2n) is 4.23. The van der Waals surface area contributed by atoms with E-state index in [1.807, 2.05) is 0 Å². The Balaban J connectivity index is 1.96. The first-order chi connectivity index (χ1) is 10.1. The van der Waals surface area contributed by atoms with E-state index in [9.17, 15) is 9.18 Å². The van der Waals surface area contributed by atoms with Crippen LogP contribution < -0.4 is 10.1 Å². The first kappa shape index (κ1) is 15.3. The molecule has 0 radical (unpaired) electrons. The number of carbonyl (C=O) groups excluding carboxylic acids is 1. The molecule has 0 aliphatic heterocycles. The average Bonchev–Trinajstić information content (AvgIpc) is 2.48. The van der Waals surface area contributed by atoms with Crippen LogP contribution in [-0.4, -0.2) is 17.6 Å². The lowest BCUT2D eigenvalue weighted by atomic mass is 10.2. The van der Waals surface area contributed by atoms with Gasteiger partial charge in [-0.05, 0) is 24.3 Å². The van der Waals surface area contributed by atoms with E-state index >= 15 is 0 Å². The zero-order chi connectivity index (χ0) is 15.2. The van der Waals surface area contributed by atoms with Gasteiger partial charge in [-0.1, -0.05) is 29.8 Å². The lowest BCUT2D eigenvalue weighted by Gasteiger charge is -2.11. The molecular weight excluding hydrogens is 297 g/mol. The Kier molecular flexibility index (Phi) is 5.14. The van der Waals surface area contributed by atoms with Crippen molar-refractivity contribution in [1.82, 2.24) is 0 Å². The molecule has 1 amide bonds. The SMILES string of the molecule is O=C(COc1ccccc1CO)Nc1ccc(F)cc1Cl. The monoisotopic (exact) mass is 309 g/mol. The van der Waals surface area contributed by atoms with Gasteiger partial charge in [-0.15, -0.1) is 0 Å². The third-order valence-electron chi connectivity index (χ3n) is 2.71. The van der Waals surface area contributed by atoms with Gasteiger partial charge in [-0.3, -0.25) is 4.79 Å². The molecular formula is C15H13ClFNO3. The molecule has 0 heterocycles. The van der Waals surface area contributed by atoms with E-state index in [2.05, 4.69) is 5.32 Å². The first-order valence-corrected chi connectivity index (χ1v) is 6.54. The number of benzene rings is 2. The summed E-state index contributed by atoms with van der Waals surface area (Å²) < 4.78 is 18.2. The Morgan fingerprint density at radius 3 is 2.76 bits per heavy atom. The molecule has 0 fully saturated rings. The predicted octanol–water partition coefficient (Wildman–Crippen LogP) is 2.99. The van der Waals surface area contributed by atoms with Crippen LogP contribution in [0.5, 0.6) is 5.75 Å². The summed E-state index contributed by atoms with van der Waals surface area (Å²) in [4.78, 5) is 11.8. The summed E-state index contributed by atoms with van der Waals surface area (Å²) >= 11 is 5.81. The van der Waals surface area contributed by atoms with Crippen molar-refractivity contribution in [3.05, 3.63) is 58.9 Å². The van der Waals surface area contributed by atoms with Crippen molar-refractivity contribution < 1.29 is 19.0 Å². The number of halogens is 2. The van der Waals surface area contributed by atoms with Gasteiger partial charge in [-0.2, -0.15) is 0 Å². The van der Waals surface area contributed by atoms with E-state index in [1.54, 1.807) is 24.3 Å². The van der Waals surface area contributed by atoms with Gasteiger partial charge in [0.15, 0.2) is 6.61 Å². The number of ether oxygens (including phenoxy) is 1. The van der Waals surface area contributed by atoms with Crippen molar-refractivity contribution in [2.75, 3.05) is 11.9 Å². The van der Waals surface area contributed by atoms with Gasteiger partial charge < -0.3 is 15.2 Å². The maximum atomic E-state index is 12.9. The number of hydrogen-bond donors (Lipinski definition) is 2. The highest BCUT2D eigenvalue weighted by atomic mass is 35.5. The van der Waals surface area contributed by atoms with Crippen LogP contribution in [0.1, 0.15) is 5.56 Å². The molecule has 0 saturated carbocycles. The topological polar surface area (TPSA) is 58.6 Å². The molecule has 2 rings (SSSR count). The molecule has 2 aromatic rings. The van der Waals surface area contributed by atoms with Crippen molar-refractivity contribution in [1.29, 1.82) is 0 Å². The molecule has 21 heavy (non-hydrogen) atoms. The molecule has 0 aliphatic carbocycles. The number of anilines is 1. The number of aliphatic hydroxyl groups excluding tert-OH is 1. The highest BCUT2D eigenvalue weighted by molar-refractivity contribution is 6.33. The molecule has 0 spiro atoms. The van der Waals surface area contributed by atoms with Crippen molar-refractivity contribution in [3.63, 3.8) is 0 Å². The largest absolute Gasteiger partial charge is 0.483 e. The quantitative estimate of drug-likeness (QED) is 0.892. The van der Waals surface area contributed by atoms with E-state index < -0.39 is 11.7 Å². The molecule has 0 saturated heterocycles. The Hall–Kier alpha value is -2.11. The van der Waals surface area contributed by atoms with Crippen LogP contribution in [-0.2, 0) is 11.4 Å². The summed E-state index contributed by atoms with van der Waals surface area (Å²) in [6.45, 7) is -0.424. The normalized spacial score (nSPS) is 10.2. The van der Waals surface area contributed by atoms with Crippen LogP contribution in [0.25, 0.3) is 0 Å². The molecule has 0 aliphatic rings. The molecule has 110 valence electrons. The van der Waals surface area contributed by atoms with E-state index in [0.29, 0.717) is 17.0 Å². The van der Waals surface area contributed by atoms with Crippen molar-refractivity contribution >= 4 is 23.2 Å². The minimum atomic E-state index is -0.480. The Bertz CT molecular complexity index is 649. The molecule has 6 heteroatoms. The summed E-state index contributed by atoms with van der Waals surface area (Å²) in [5.41, 5.74) is 0.896. The van der Waals surface area contributed by atoms with Crippen LogP contribution in [0.4, 0.5) is 10.1 Å². The second kappa shape index (κ2) is 7.06. The highest BCUT2D eigenvalue weighted by Gasteiger charge is 2.09. The highest BCUT2D eigenvalue weighted by Crippen LogP contribution is 2.22. The van der Waals surface area contributed by atoms with Gasteiger partial charge in [-0.25, -0.2) is 4.39 Å². The summed E-state index contributed by atoms with van der Waals surface area (Å²) in [6, 6.07) is 10.5. The van der Waals surface area contributed by atoms with Crippen molar-refractivity contribution in [2.24, 2.45) is 0 Å². The van der Waals surface area contributed by atoms with Gasteiger partial charge in [0.25, 0.3) is 5.91 Å². The van der Waals surface area contributed by atoms with Gasteiger partial charge in [0.2, 0.25) is 0 Å². The van der Waals surface area contributed by atoms with Crippen LogP contribution in [0.3, 0.4) is 0 Å². The minimum absolute atomic E-state index is 0.110. The fourth-order valence-electron chi connectivity index (χ4n) is 1.70. The third-order valence-corrected chi connectivity index (χ3v) is 3.02. The maximum Gasteiger partial charge on any atom is 0.262 e. The molecule has 2 N–H and O–H groups in total. The van der Waals surface area contributed by atoms with E-state index in [1.165, 1.54) is 12.1 Å². The van der Waals surface area contributed by atoms with E-state index in [4.69, 9.17) is 21.4 Å². The third kappa shape index (κ3) is 4.18. The number of hydrogen-bond acceptors (Lipinski definition) is 3. The maximum absolute atomic E-state index is 12.9. The fourth-order valence-corrected chi connectivity index (χ4v) is 1.91. The van der Waals surface area contributed by atoms with Crippen LogP contribution >= 0.6 is 11.6 Å². The lowest BCUT2D eigenvalue weighted by Crippen LogP contribution is -2.20. The number of nitrogens with one attached hydrogen (secondary N) is 1. The average molecular weight is 310 g/mol. The van der Waals surface area contributed by atoms with Crippen molar-refractivity contribution in [2.45, 2.75) is 6.61 Å². The summed E-state index contributed by atoms with van der Waals surface area (Å²) in [5, 5.41) is 11.8. The van der Waals surface area contributed by atoms with Crippen LogP contribution in [0.15, 0.2) is 42.5 Å². The van der Waals surface area contributed by atoms with Crippen LogP contribution in [0, 0.1) is 5.82 Å². The first-order valence-electron chi connectivity index (χ1n) is 6.16. The Morgan fingerprint density at radius 1 is 1.29 bits per heavy atom. The summed E-state index contributed by atoms with van der Waals surface area (Å²) in [6.07, 6.45) is 0. The smallest absolute Gasteiger partial charge is 0.262 e. The van der Waals surface area contributed by atoms with Gasteiger partial charge in [0.05, 0.1) is 17.3 Å². The Morgan fingerprint density at radius 2 is 2.05 bits per heavy atom. The number of para-hydroxylation sites is 1. The molecule has 2 aromatic carbocycles. The fraction of sp³-hybridized carbons (Fsp3) is 0.133. The van der Waals surface area contributed by atoms with E-state index in [-0.39, 0.29) is 18.2 Å². The number of amides is 1. The van der Waals surface area contributed by atoms with Crippen molar-refractivity contribution in [3.8, 4) is 5.75 Å². The molecule has 0 bridgehead atoms. The zero-order valence-corrected chi connectivity index (χ0v) is 11.7. The minimum Gasteiger partial charge on any atom is -0.483 e. The Labute approximate surface area is 126 Å². The number of rotatable bonds is 5. The molecule has 4 nitrogen and oxygen atoms in total. The standard InChI is InChI=1S/C15H13ClFNO3/c16-12-7-11(17)5-6-13(12)18-15(20)9-21-14-4-2-1-3-10(14)8-19/h1-7,19H,8-9H2,(H,18,20). The van der Waals surface area contributed by atoms with Gasteiger partial charge in [0, 0.05) is 5.56 Å². The zero-order valence-electron chi connectivity index (χ0n) is 11.0. The van der Waals surface area contributed by atoms with Crippen LogP contribution in [0.2, 0.25) is 5.02 Å². The van der Waals surface area contributed by atoms with Gasteiger partial charge in [0.1, 0.15) is 11.6 Å². The molecule has 0 unspecified atom stereocenters. The lowest BCUT2D eigenvalue weighted by molar-refractivity contribution is -0.118. The summed E-state index contributed by atoms with van der Waals surface area (Å²) in [7, 11) is 0. The number of carbonyl (C=O) groups is 1. The second-order valence-corrected chi connectivity index (χ2v) is 4.63. The van der Waals surface area contributed by atoms with E-state index in [0.717, 1.165) is 6.07 Å².